The fourth-order valence-corrected chi connectivity index (χ4v) is 3.89. The molecule has 1 rings (SSSR count). The van der Waals surface area contributed by atoms with Crippen molar-refractivity contribution in [3.63, 3.8) is 0 Å². The third-order valence-electron chi connectivity index (χ3n) is 1.19. The zero-order valence-electron chi connectivity index (χ0n) is 7.07. The Bertz CT molecular complexity index is 440. The molecule has 0 bridgehead atoms. The topological polar surface area (TPSA) is 75.3 Å². The molecule has 0 aliphatic rings. The van der Waals surface area contributed by atoms with Gasteiger partial charge in [-0.05, 0) is 27.4 Å². The van der Waals surface area contributed by atoms with Crippen molar-refractivity contribution >= 4 is 43.2 Å². The van der Waals surface area contributed by atoms with Crippen LogP contribution in [-0.4, -0.2) is 14.3 Å². The van der Waals surface area contributed by atoms with Gasteiger partial charge in [-0.1, -0.05) is 0 Å². The normalized spacial score (nSPS) is 11.3. The van der Waals surface area contributed by atoms with E-state index in [1.54, 1.807) is 11.4 Å². The van der Waals surface area contributed by atoms with Gasteiger partial charge in [0.25, 0.3) is 10.0 Å². The van der Waals surface area contributed by atoms with Crippen molar-refractivity contribution in [2.75, 3.05) is 0 Å². The smallest absolute Gasteiger partial charge is 0.267 e. The highest BCUT2D eigenvalue weighted by Gasteiger charge is 2.18. The van der Waals surface area contributed by atoms with E-state index in [1.165, 1.54) is 6.92 Å². The predicted molar refractivity (Wildman–Crippen MR) is 56.2 cm³/mol. The number of hydrogen-bond donors (Lipinski definition) is 2. The molecule has 0 fully saturated rings. The van der Waals surface area contributed by atoms with Gasteiger partial charge in [-0.2, -0.15) is 0 Å². The molecule has 8 heteroatoms. The molecule has 1 aromatic heterocycles. The van der Waals surface area contributed by atoms with Gasteiger partial charge >= 0.3 is 0 Å². The number of halogens is 1. The second-order valence-corrected chi connectivity index (χ2v) is 5.99. The summed E-state index contributed by atoms with van der Waals surface area (Å²) in [6.45, 7) is 1.21. The first-order valence-electron chi connectivity index (χ1n) is 3.45. The maximum Gasteiger partial charge on any atom is 0.267 e. The first-order chi connectivity index (χ1) is 6.43. The van der Waals surface area contributed by atoms with E-state index in [4.69, 9.17) is 0 Å². The maximum absolute atomic E-state index is 11.5. The van der Waals surface area contributed by atoms with Crippen LogP contribution in [0.1, 0.15) is 6.92 Å². The SMILES string of the molecule is CC(=O)NNS(=O)(=O)c1sccc1Br. The molecule has 1 heterocycles. The van der Waals surface area contributed by atoms with Crippen LogP contribution >= 0.6 is 27.3 Å². The van der Waals surface area contributed by atoms with Crippen LogP contribution in [0.5, 0.6) is 0 Å². The summed E-state index contributed by atoms with van der Waals surface area (Å²) in [6, 6.07) is 1.62. The van der Waals surface area contributed by atoms with Gasteiger partial charge in [-0.25, -0.2) is 8.42 Å². The fourth-order valence-electron chi connectivity index (χ4n) is 0.657. The number of carbonyl (C=O) groups excluding carboxylic acids is 1. The molecule has 2 N–H and O–H groups in total. The summed E-state index contributed by atoms with van der Waals surface area (Å²) in [7, 11) is -3.65. The summed E-state index contributed by atoms with van der Waals surface area (Å²) in [6.07, 6.45) is 0. The minimum absolute atomic E-state index is 0.131. The largest absolute Gasteiger partial charge is 0.278 e. The Morgan fingerprint density at radius 2 is 2.21 bits per heavy atom. The molecule has 0 spiro atoms. The number of thiophene rings is 1. The third kappa shape index (κ3) is 2.77. The van der Waals surface area contributed by atoms with Crippen LogP contribution in [0, 0.1) is 0 Å². The lowest BCUT2D eigenvalue weighted by molar-refractivity contribution is -0.119. The van der Waals surface area contributed by atoms with Gasteiger partial charge in [0.2, 0.25) is 5.91 Å². The molecule has 0 saturated carbocycles. The zero-order chi connectivity index (χ0) is 10.8. The van der Waals surface area contributed by atoms with Crippen LogP contribution in [-0.2, 0) is 14.8 Å². The fraction of sp³-hybridized carbons (Fsp3) is 0.167. The molecule has 0 aliphatic carbocycles. The quantitative estimate of drug-likeness (QED) is 0.812. The first kappa shape index (κ1) is 11.6. The molecule has 0 aromatic carbocycles. The molecule has 0 aliphatic heterocycles. The molecule has 0 atom stereocenters. The van der Waals surface area contributed by atoms with Gasteiger partial charge < -0.3 is 0 Å². The summed E-state index contributed by atoms with van der Waals surface area (Å²) in [4.78, 5) is 12.5. The third-order valence-corrected chi connectivity index (χ3v) is 5.11. The lowest BCUT2D eigenvalue weighted by Gasteiger charge is -2.04. The van der Waals surface area contributed by atoms with Crippen molar-refractivity contribution in [3.8, 4) is 0 Å². The van der Waals surface area contributed by atoms with Crippen LogP contribution in [0.2, 0.25) is 0 Å². The van der Waals surface area contributed by atoms with Crippen molar-refractivity contribution in [2.45, 2.75) is 11.1 Å². The van der Waals surface area contributed by atoms with Gasteiger partial charge in [0.1, 0.15) is 0 Å². The summed E-state index contributed by atoms with van der Waals surface area (Å²) in [5, 5.41) is 1.63. The van der Waals surface area contributed by atoms with Crippen molar-refractivity contribution in [1.82, 2.24) is 10.3 Å². The molecule has 0 radical (unpaired) electrons. The Morgan fingerprint density at radius 1 is 1.57 bits per heavy atom. The van der Waals surface area contributed by atoms with Gasteiger partial charge in [0.05, 0.1) is 0 Å². The van der Waals surface area contributed by atoms with Gasteiger partial charge in [-0.3, -0.25) is 10.2 Å². The van der Waals surface area contributed by atoms with Crippen LogP contribution in [0.4, 0.5) is 0 Å². The summed E-state index contributed by atoms with van der Waals surface area (Å²) < 4.78 is 23.5. The van der Waals surface area contributed by atoms with Crippen LogP contribution in [0.25, 0.3) is 0 Å². The molecule has 0 unspecified atom stereocenters. The molecule has 0 saturated heterocycles. The Labute approximate surface area is 93.7 Å². The van der Waals surface area contributed by atoms with Crippen molar-refractivity contribution in [2.24, 2.45) is 0 Å². The van der Waals surface area contributed by atoms with E-state index >= 15 is 0 Å². The highest BCUT2D eigenvalue weighted by molar-refractivity contribution is 9.10. The van der Waals surface area contributed by atoms with E-state index < -0.39 is 15.9 Å². The van der Waals surface area contributed by atoms with Crippen LogP contribution in [0.3, 0.4) is 0 Å². The van der Waals surface area contributed by atoms with E-state index in [2.05, 4.69) is 15.9 Å². The molecular weight excluding hydrogens is 292 g/mol. The number of sulfonamides is 1. The Hall–Kier alpha value is -0.440. The number of amides is 1. The Morgan fingerprint density at radius 3 is 2.64 bits per heavy atom. The van der Waals surface area contributed by atoms with E-state index in [-0.39, 0.29) is 4.21 Å². The maximum atomic E-state index is 11.5. The molecule has 1 aromatic rings. The number of hydrogen-bond acceptors (Lipinski definition) is 4. The molecular formula is C6H7BrN2O3S2. The Kier molecular flexibility index (Phi) is 3.65. The standard InChI is InChI=1S/C6H7BrN2O3S2/c1-4(10)8-9-14(11,12)6-5(7)2-3-13-6/h2-3,9H,1H3,(H,8,10). The number of nitrogens with one attached hydrogen (secondary N) is 2. The number of rotatable bonds is 3. The van der Waals surface area contributed by atoms with E-state index in [0.29, 0.717) is 4.47 Å². The Balaban J connectivity index is 2.87. The molecule has 14 heavy (non-hydrogen) atoms. The molecule has 5 nitrogen and oxygen atoms in total. The van der Waals surface area contributed by atoms with Crippen molar-refractivity contribution in [1.29, 1.82) is 0 Å². The van der Waals surface area contributed by atoms with Crippen LogP contribution < -0.4 is 10.3 Å². The van der Waals surface area contributed by atoms with E-state index in [9.17, 15) is 13.2 Å². The van der Waals surface area contributed by atoms with Crippen molar-refractivity contribution in [3.05, 3.63) is 15.9 Å². The zero-order valence-corrected chi connectivity index (χ0v) is 10.3. The van der Waals surface area contributed by atoms with Crippen LogP contribution in [0.15, 0.2) is 20.1 Å². The van der Waals surface area contributed by atoms with Crippen molar-refractivity contribution < 1.29 is 13.2 Å². The minimum Gasteiger partial charge on any atom is -0.278 e. The van der Waals surface area contributed by atoms with E-state index in [1.807, 2.05) is 10.3 Å². The van der Waals surface area contributed by atoms with E-state index in [0.717, 1.165) is 11.3 Å². The molecule has 1 amide bonds. The summed E-state index contributed by atoms with van der Waals surface area (Å²) in [5.74, 6) is -0.471. The predicted octanol–water partition coefficient (Wildman–Crippen LogP) is 0.840. The highest BCUT2D eigenvalue weighted by atomic mass is 79.9. The minimum atomic E-state index is -3.65. The monoisotopic (exact) mass is 298 g/mol. The van der Waals surface area contributed by atoms with Gasteiger partial charge in [0, 0.05) is 11.4 Å². The second-order valence-electron chi connectivity index (χ2n) is 2.34. The number of carbonyl (C=O) groups is 1. The van der Waals surface area contributed by atoms with Gasteiger partial charge in [0.15, 0.2) is 4.21 Å². The average Bonchev–Trinajstić information content (AvgIpc) is 2.48. The highest BCUT2D eigenvalue weighted by Crippen LogP contribution is 2.26. The summed E-state index contributed by atoms with van der Waals surface area (Å²) >= 11 is 4.15. The van der Waals surface area contributed by atoms with Gasteiger partial charge in [-0.15, -0.1) is 16.2 Å². The average molecular weight is 299 g/mol. The second kappa shape index (κ2) is 4.39. The number of hydrazine groups is 1. The first-order valence-corrected chi connectivity index (χ1v) is 6.60. The molecule has 78 valence electrons. The lowest BCUT2D eigenvalue weighted by Crippen LogP contribution is -2.39. The summed E-state index contributed by atoms with van der Waals surface area (Å²) in [5.41, 5.74) is 2.01. The lowest BCUT2D eigenvalue weighted by atomic mass is 10.7.